The van der Waals surface area contributed by atoms with Gasteiger partial charge in [-0.3, -0.25) is 0 Å². The van der Waals surface area contributed by atoms with Gasteiger partial charge in [0, 0.05) is 6.08 Å². The number of fused-ring (bicyclic) bond motifs is 2. The Morgan fingerprint density at radius 3 is 2.81 bits per heavy atom. The summed E-state index contributed by atoms with van der Waals surface area (Å²) < 4.78 is 18.6. The Kier molecular flexibility index (Phi) is 2.81. The third kappa shape index (κ3) is 1.66. The summed E-state index contributed by atoms with van der Waals surface area (Å²) in [6.45, 7) is 6.43. The SMILES string of the molecule is CCOC(=O)/C=C1/[C@H](F)C[C@H]2C[C@@H]1C2(C)C. The average Bonchev–Trinajstić information content (AvgIpc) is 2.20. The zero-order chi connectivity index (χ0) is 11.9. The lowest BCUT2D eigenvalue weighted by Gasteiger charge is -2.58. The molecule has 3 saturated carbocycles. The molecule has 3 rings (SSSR count). The molecule has 3 atom stereocenters. The van der Waals surface area contributed by atoms with Crippen molar-refractivity contribution in [3.8, 4) is 0 Å². The van der Waals surface area contributed by atoms with Crippen LogP contribution in [0.3, 0.4) is 0 Å². The van der Waals surface area contributed by atoms with E-state index in [9.17, 15) is 9.18 Å². The number of carbonyl (C=O) groups excluding carboxylic acids is 1. The summed E-state index contributed by atoms with van der Waals surface area (Å²) in [5, 5.41) is 0. The molecule has 2 bridgehead atoms. The van der Waals surface area contributed by atoms with Crippen LogP contribution in [0.4, 0.5) is 4.39 Å². The molecule has 90 valence electrons. The van der Waals surface area contributed by atoms with Gasteiger partial charge in [0.05, 0.1) is 6.61 Å². The topological polar surface area (TPSA) is 26.3 Å². The maximum absolute atomic E-state index is 13.8. The molecular weight excluding hydrogens is 207 g/mol. The molecule has 0 radical (unpaired) electrons. The molecule has 0 aromatic heterocycles. The highest BCUT2D eigenvalue weighted by Gasteiger charge is 2.55. The van der Waals surface area contributed by atoms with Crippen LogP contribution in [0.2, 0.25) is 0 Å². The van der Waals surface area contributed by atoms with Crippen LogP contribution in [0.15, 0.2) is 11.6 Å². The Bertz CT molecular complexity index is 333. The van der Waals surface area contributed by atoms with Crippen molar-refractivity contribution in [2.75, 3.05) is 6.61 Å². The van der Waals surface area contributed by atoms with Crippen LogP contribution in [-0.2, 0) is 9.53 Å². The highest BCUT2D eigenvalue weighted by Crippen LogP contribution is 2.61. The highest BCUT2D eigenvalue weighted by atomic mass is 19.1. The van der Waals surface area contributed by atoms with Crippen molar-refractivity contribution in [3.63, 3.8) is 0 Å². The van der Waals surface area contributed by atoms with Crippen molar-refractivity contribution in [2.45, 2.75) is 39.8 Å². The monoisotopic (exact) mass is 226 g/mol. The fraction of sp³-hybridized carbons (Fsp3) is 0.769. The maximum atomic E-state index is 13.8. The fourth-order valence-corrected chi connectivity index (χ4v) is 3.10. The first-order valence-corrected chi connectivity index (χ1v) is 5.99. The third-order valence-electron chi connectivity index (χ3n) is 4.30. The van der Waals surface area contributed by atoms with Crippen LogP contribution >= 0.6 is 0 Å². The number of allylic oxidation sites excluding steroid dienone is 1. The van der Waals surface area contributed by atoms with Crippen molar-refractivity contribution in [2.24, 2.45) is 17.3 Å². The van der Waals surface area contributed by atoms with E-state index in [0.717, 1.165) is 6.42 Å². The molecule has 0 spiro atoms. The second-order valence-electron chi connectivity index (χ2n) is 5.41. The molecule has 2 nitrogen and oxygen atoms in total. The predicted molar refractivity (Wildman–Crippen MR) is 59.6 cm³/mol. The van der Waals surface area contributed by atoms with Crippen LogP contribution in [-0.4, -0.2) is 18.7 Å². The molecule has 3 aliphatic rings. The molecule has 0 aromatic rings. The number of alkyl halides is 1. The minimum absolute atomic E-state index is 0.154. The Morgan fingerprint density at radius 2 is 2.25 bits per heavy atom. The molecule has 3 aliphatic carbocycles. The summed E-state index contributed by atoms with van der Waals surface area (Å²) in [5.41, 5.74) is 0.812. The molecule has 16 heavy (non-hydrogen) atoms. The van der Waals surface area contributed by atoms with E-state index in [1.165, 1.54) is 6.08 Å². The van der Waals surface area contributed by atoms with Crippen molar-refractivity contribution in [1.82, 2.24) is 0 Å². The van der Waals surface area contributed by atoms with Gasteiger partial charge in [-0.15, -0.1) is 0 Å². The summed E-state index contributed by atoms with van der Waals surface area (Å²) in [6, 6.07) is 0. The van der Waals surface area contributed by atoms with Crippen molar-refractivity contribution in [1.29, 1.82) is 0 Å². The molecule has 0 N–H and O–H groups in total. The highest BCUT2D eigenvalue weighted by molar-refractivity contribution is 5.83. The first-order chi connectivity index (χ1) is 7.46. The molecule has 0 heterocycles. The quantitative estimate of drug-likeness (QED) is 0.534. The van der Waals surface area contributed by atoms with Crippen LogP contribution < -0.4 is 0 Å². The number of carbonyl (C=O) groups is 1. The van der Waals surface area contributed by atoms with E-state index in [-0.39, 0.29) is 11.3 Å². The van der Waals surface area contributed by atoms with E-state index in [0.29, 0.717) is 24.5 Å². The summed E-state index contributed by atoms with van der Waals surface area (Å²) in [5.74, 6) is 0.304. The molecule has 0 aromatic carbocycles. The zero-order valence-electron chi connectivity index (χ0n) is 10.1. The third-order valence-corrected chi connectivity index (χ3v) is 4.30. The first-order valence-electron chi connectivity index (χ1n) is 5.99. The Balaban J connectivity index is 2.16. The zero-order valence-corrected chi connectivity index (χ0v) is 10.1. The molecule has 0 unspecified atom stereocenters. The van der Waals surface area contributed by atoms with E-state index >= 15 is 0 Å². The van der Waals surface area contributed by atoms with E-state index in [4.69, 9.17) is 4.74 Å². The molecule has 3 heteroatoms. The van der Waals surface area contributed by atoms with Gasteiger partial charge in [0.25, 0.3) is 0 Å². The number of hydrogen-bond donors (Lipinski definition) is 0. The summed E-state index contributed by atoms with van der Waals surface area (Å²) in [4.78, 5) is 11.4. The number of ether oxygens (including phenoxy) is 1. The van der Waals surface area contributed by atoms with Gasteiger partial charge in [-0.2, -0.15) is 0 Å². The van der Waals surface area contributed by atoms with Gasteiger partial charge < -0.3 is 4.74 Å². The van der Waals surface area contributed by atoms with Crippen molar-refractivity contribution < 1.29 is 13.9 Å². The van der Waals surface area contributed by atoms with Crippen LogP contribution in [0.25, 0.3) is 0 Å². The largest absolute Gasteiger partial charge is 0.463 e. The summed E-state index contributed by atoms with van der Waals surface area (Å²) >= 11 is 0. The van der Waals surface area contributed by atoms with Gasteiger partial charge in [-0.1, -0.05) is 13.8 Å². The average molecular weight is 226 g/mol. The summed E-state index contributed by atoms with van der Waals surface area (Å²) in [6.07, 6.45) is 2.03. The van der Waals surface area contributed by atoms with E-state index in [1.54, 1.807) is 6.92 Å². The van der Waals surface area contributed by atoms with Gasteiger partial charge in [0.15, 0.2) is 0 Å². The van der Waals surface area contributed by atoms with Gasteiger partial charge in [0.1, 0.15) is 6.17 Å². The predicted octanol–water partition coefficient (Wildman–Crippen LogP) is 2.88. The second kappa shape index (κ2) is 3.86. The normalized spacial score (nSPS) is 38.0. The van der Waals surface area contributed by atoms with Crippen LogP contribution in [0.5, 0.6) is 0 Å². The Morgan fingerprint density at radius 1 is 1.56 bits per heavy atom. The minimum atomic E-state index is -0.943. The second-order valence-corrected chi connectivity index (χ2v) is 5.41. The first kappa shape index (κ1) is 11.6. The van der Waals surface area contributed by atoms with Crippen molar-refractivity contribution in [3.05, 3.63) is 11.6 Å². The van der Waals surface area contributed by atoms with E-state index < -0.39 is 12.1 Å². The number of hydrogen-bond acceptors (Lipinski definition) is 2. The van der Waals surface area contributed by atoms with Gasteiger partial charge in [0.2, 0.25) is 0 Å². The molecule has 0 amide bonds. The lowest BCUT2D eigenvalue weighted by molar-refractivity contribution is -0.137. The van der Waals surface area contributed by atoms with Crippen molar-refractivity contribution >= 4 is 5.97 Å². The van der Waals surface area contributed by atoms with Crippen LogP contribution in [0.1, 0.15) is 33.6 Å². The molecule has 3 fully saturated rings. The Hall–Kier alpha value is -0.860. The molecular formula is C13H19FO2. The van der Waals surface area contributed by atoms with Gasteiger partial charge in [-0.25, -0.2) is 9.18 Å². The summed E-state index contributed by atoms with van der Waals surface area (Å²) in [7, 11) is 0. The lowest BCUT2D eigenvalue weighted by atomic mass is 9.47. The number of halogens is 1. The fourth-order valence-electron chi connectivity index (χ4n) is 3.10. The molecule has 0 saturated heterocycles. The number of rotatable bonds is 2. The minimum Gasteiger partial charge on any atom is -0.463 e. The Labute approximate surface area is 95.9 Å². The smallest absolute Gasteiger partial charge is 0.330 e. The standard InChI is InChI=1S/C13H19FO2/c1-4-16-12(15)7-9-10-5-8(6-11(9)14)13(10,2)3/h7-8,10-11H,4-6H2,1-3H3/b9-7+/t8-,10+,11-/m1/s1. The van der Waals surface area contributed by atoms with E-state index in [1.807, 2.05) is 0 Å². The van der Waals surface area contributed by atoms with E-state index in [2.05, 4.69) is 13.8 Å². The van der Waals surface area contributed by atoms with Gasteiger partial charge >= 0.3 is 5.97 Å². The number of esters is 1. The maximum Gasteiger partial charge on any atom is 0.330 e. The van der Waals surface area contributed by atoms with Gasteiger partial charge in [-0.05, 0) is 42.6 Å². The van der Waals surface area contributed by atoms with Crippen LogP contribution in [0, 0.1) is 17.3 Å². The lowest BCUT2D eigenvalue weighted by Crippen LogP contribution is -2.52. The molecule has 0 aliphatic heterocycles.